The van der Waals surface area contributed by atoms with Crippen LogP contribution in [0.1, 0.15) is 6.92 Å². The lowest BCUT2D eigenvalue weighted by molar-refractivity contribution is -0.383. The molecule has 0 radical (unpaired) electrons. The van der Waals surface area contributed by atoms with Gasteiger partial charge in [0.2, 0.25) is 0 Å². The Labute approximate surface area is 125 Å². The number of nitro benzene ring substituents is 1. The quantitative estimate of drug-likeness (QED) is 0.679. The average Bonchev–Trinajstić information content (AvgIpc) is 2.49. The van der Waals surface area contributed by atoms with Crippen molar-refractivity contribution in [1.29, 1.82) is 0 Å². The SMILES string of the molecule is C[C@@H](Oc1ccccc1F)C(=O)Nc1ccccc1[N+](=O)[O-]. The second kappa shape index (κ2) is 6.66. The van der Waals surface area contributed by atoms with E-state index >= 15 is 0 Å². The Kier molecular flexibility index (Phi) is 4.67. The van der Waals surface area contributed by atoms with Gasteiger partial charge in [-0.2, -0.15) is 0 Å². The highest BCUT2D eigenvalue weighted by Crippen LogP contribution is 2.24. The summed E-state index contributed by atoms with van der Waals surface area (Å²) in [6.07, 6.45) is -1.02. The molecule has 0 spiro atoms. The number of ether oxygens (including phenoxy) is 1. The molecule has 1 amide bonds. The van der Waals surface area contributed by atoms with Gasteiger partial charge in [-0.05, 0) is 25.1 Å². The van der Waals surface area contributed by atoms with Crippen molar-refractivity contribution in [2.24, 2.45) is 0 Å². The Morgan fingerprint density at radius 2 is 1.86 bits per heavy atom. The molecule has 0 heterocycles. The van der Waals surface area contributed by atoms with Crippen LogP contribution < -0.4 is 10.1 Å². The number of para-hydroxylation sites is 3. The molecule has 1 atom stereocenters. The summed E-state index contributed by atoms with van der Waals surface area (Å²) in [7, 11) is 0. The molecule has 114 valence electrons. The minimum atomic E-state index is -1.02. The fraction of sp³-hybridized carbons (Fsp3) is 0.133. The van der Waals surface area contributed by atoms with Crippen molar-refractivity contribution >= 4 is 17.3 Å². The lowest BCUT2D eigenvalue weighted by Gasteiger charge is -2.15. The maximum atomic E-state index is 13.5. The first-order valence-electron chi connectivity index (χ1n) is 6.44. The molecule has 0 saturated heterocycles. The van der Waals surface area contributed by atoms with Gasteiger partial charge in [0.25, 0.3) is 11.6 Å². The number of halogens is 1. The minimum Gasteiger partial charge on any atom is -0.478 e. The van der Waals surface area contributed by atoms with Crippen molar-refractivity contribution in [3.63, 3.8) is 0 Å². The molecular formula is C15H13FN2O4. The number of hydrogen-bond acceptors (Lipinski definition) is 4. The highest BCUT2D eigenvalue weighted by Gasteiger charge is 2.20. The standard InChI is InChI=1S/C15H13FN2O4/c1-10(22-14-9-5-2-6-11(14)16)15(19)17-12-7-3-4-8-13(12)18(20)21/h2-10H,1H3,(H,17,19)/t10-/m1/s1. The van der Waals surface area contributed by atoms with Gasteiger partial charge in [0.15, 0.2) is 17.7 Å². The van der Waals surface area contributed by atoms with Gasteiger partial charge >= 0.3 is 0 Å². The van der Waals surface area contributed by atoms with Gasteiger partial charge in [-0.25, -0.2) is 4.39 Å². The second-order valence-corrected chi connectivity index (χ2v) is 4.45. The lowest BCUT2D eigenvalue weighted by Crippen LogP contribution is -2.30. The molecule has 2 rings (SSSR count). The summed E-state index contributed by atoms with van der Waals surface area (Å²) in [5, 5.41) is 13.3. The molecule has 0 aliphatic heterocycles. The third-order valence-corrected chi connectivity index (χ3v) is 2.87. The highest BCUT2D eigenvalue weighted by molar-refractivity contribution is 5.96. The fourth-order valence-corrected chi connectivity index (χ4v) is 1.76. The monoisotopic (exact) mass is 304 g/mol. The zero-order chi connectivity index (χ0) is 16.1. The number of rotatable bonds is 5. The maximum absolute atomic E-state index is 13.5. The predicted octanol–water partition coefficient (Wildman–Crippen LogP) is 3.14. The number of benzene rings is 2. The van der Waals surface area contributed by atoms with Crippen LogP contribution in [0.25, 0.3) is 0 Å². The third-order valence-electron chi connectivity index (χ3n) is 2.87. The molecule has 0 aromatic heterocycles. The number of hydrogen-bond donors (Lipinski definition) is 1. The van der Waals surface area contributed by atoms with Crippen LogP contribution in [0, 0.1) is 15.9 Å². The van der Waals surface area contributed by atoms with Crippen molar-refractivity contribution in [2.45, 2.75) is 13.0 Å². The molecule has 0 aliphatic rings. The summed E-state index contributed by atoms with van der Waals surface area (Å²) in [4.78, 5) is 22.3. The van der Waals surface area contributed by atoms with E-state index in [1.54, 1.807) is 12.1 Å². The Bertz CT molecular complexity index is 705. The molecular weight excluding hydrogens is 291 g/mol. The molecule has 2 aromatic rings. The molecule has 0 aliphatic carbocycles. The first kappa shape index (κ1) is 15.4. The topological polar surface area (TPSA) is 81.5 Å². The Hall–Kier alpha value is -2.96. The van der Waals surface area contributed by atoms with Crippen molar-refractivity contribution in [2.75, 3.05) is 5.32 Å². The first-order valence-corrected chi connectivity index (χ1v) is 6.44. The van der Waals surface area contributed by atoms with Gasteiger partial charge in [0, 0.05) is 6.07 Å². The summed E-state index contributed by atoms with van der Waals surface area (Å²) >= 11 is 0. The molecule has 7 heteroatoms. The Morgan fingerprint density at radius 1 is 1.23 bits per heavy atom. The number of carbonyl (C=O) groups is 1. The van der Waals surface area contributed by atoms with Crippen LogP contribution in [0.15, 0.2) is 48.5 Å². The molecule has 0 saturated carbocycles. The number of carbonyl (C=O) groups excluding carboxylic acids is 1. The van der Waals surface area contributed by atoms with Crippen molar-refractivity contribution < 1.29 is 18.8 Å². The summed E-state index contributed by atoms with van der Waals surface area (Å²) in [6.45, 7) is 1.43. The van der Waals surface area contributed by atoms with Crippen LogP contribution in [-0.4, -0.2) is 16.9 Å². The van der Waals surface area contributed by atoms with Gasteiger partial charge < -0.3 is 10.1 Å². The molecule has 0 fully saturated rings. The first-order chi connectivity index (χ1) is 10.5. The summed E-state index contributed by atoms with van der Waals surface area (Å²) in [6, 6.07) is 11.4. The van der Waals surface area contributed by atoms with Crippen molar-refractivity contribution in [3.05, 3.63) is 64.5 Å². The van der Waals surface area contributed by atoms with Gasteiger partial charge in [-0.15, -0.1) is 0 Å². The summed E-state index contributed by atoms with van der Waals surface area (Å²) in [5.41, 5.74) is -0.171. The molecule has 6 nitrogen and oxygen atoms in total. The number of nitrogens with zero attached hydrogens (tertiary/aromatic N) is 1. The largest absolute Gasteiger partial charge is 0.478 e. The molecule has 2 aromatic carbocycles. The maximum Gasteiger partial charge on any atom is 0.292 e. The van der Waals surface area contributed by atoms with Gasteiger partial charge in [-0.3, -0.25) is 14.9 Å². The molecule has 0 bridgehead atoms. The van der Waals surface area contributed by atoms with Gasteiger partial charge in [0.05, 0.1) is 4.92 Å². The van der Waals surface area contributed by atoms with E-state index in [0.29, 0.717) is 0 Å². The third kappa shape index (κ3) is 3.57. The predicted molar refractivity (Wildman–Crippen MR) is 78.2 cm³/mol. The zero-order valence-electron chi connectivity index (χ0n) is 11.7. The van der Waals surface area contributed by atoms with Crippen molar-refractivity contribution in [3.8, 4) is 5.75 Å². The van der Waals surface area contributed by atoms with Crippen LogP contribution in [0.5, 0.6) is 5.75 Å². The van der Waals surface area contributed by atoms with Crippen LogP contribution >= 0.6 is 0 Å². The number of amides is 1. The molecule has 22 heavy (non-hydrogen) atoms. The Balaban J connectivity index is 2.09. The van der Waals surface area contributed by atoms with Gasteiger partial charge in [-0.1, -0.05) is 24.3 Å². The van der Waals surface area contributed by atoms with Crippen LogP contribution in [0.3, 0.4) is 0 Å². The minimum absolute atomic E-state index is 0.0569. The zero-order valence-corrected chi connectivity index (χ0v) is 11.7. The van der Waals surface area contributed by atoms with E-state index in [1.165, 1.54) is 43.3 Å². The van der Waals surface area contributed by atoms with Crippen LogP contribution in [0.2, 0.25) is 0 Å². The lowest BCUT2D eigenvalue weighted by atomic mass is 10.2. The van der Waals surface area contributed by atoms with E-state index in [4.69, 9.17) is 4.74 Å². The fourth-order valence-electron chi connectivity index (χ4n) is 1.76. The van der Waals surface area contributed by atoms with E-state index in [-0.39, 0.29) is 17.1 Å². The van der Waals surface area contributed by atoms with E-state index in [0.717, 1.165) is 0 Å². The van der Waals surface area contributed by atoms with Crippen LogP contribution in [-0.2, 0) is 4.79 Å². The highest BCUT2D eigenvalue weighted by atomic mass is 19.1. The van der Waals surface area contributed by atoms with E-state index < -0.39 is 22.8 Å². The average molecular weight is 304 g/mol. The summed E-state index contributed by atoms with van der Waals surface area (Å²) in [5.74, 6) is -1.27. The van der Waals surface area contributed by atoms with Gasteiger partial charge in [0.1, 0.15) is 5.69 Å². The van der Waals surface area contributed by atoms with E-state index in [9.17, 15) is 19.3 Å². The summed E-state index contributed by atoms with van der Waals surface area (Å²) < 4.78 is 18.7. The smallest absolute Gasteiger partial charge is 0.292 e. The number of nitro groups is 1. The Morgan fingerprint density at radius 3 is 2.55 bits per heavy atom. The van der Waals surface area contributed by atoms with Crippen molar-refractivity contribution in [1.82, 2.24) is 0 Å². The molecule has 1 N–H and O–H groups in total. The number of nitrogens with one attached hydrogen (secondary N) is 1. The second-order valence-electron chi connectivity index (χ2n) is 4.45. The van der Waals surface area contributed by atoms with E-state index in [2.05, 4.69) is 5.32 Å². The van der Waals surface area contributed by atoms with Crippen LogP contribution in [0.4, 0.5) is 15.8 Å². The molecule has 0 unspecified atom stereocenters. The number of anilines is 1. The normalized spacial score (nSPS) is 11.5. The van der Waals surface area contributed by atoms with E-state index in [1.807, 2.05) is 0 Å².